The first-order valence-electron chi connectivity index (χ1n) is 11.6. The van der Waals surface area contributed by atoms with Crippen molar-refractivity contribution < 1.29 is 9.90 Å². The van der Waals surface area contributed by atoms with Gasteiger partial charge in [0.25, 0.3) is 0 Å². The molecule has 0 saturated carbocycles. The van der Waals surface area contributed by atoms with E-state index in [1.165, 1.54) is 103 Å². The summed E-state index contributed by atoms with van der Waals surface area (Å²) < 4.78 is 0. The van der Waals surface area contributed by atoms with Crippen LogP contribution in [0.1, 0.15) is 126 Å². The van der Waals surface area contributed by atoms with Crippen LogP contribution in [0.25, 0.3) is 0 Å². The lowest BCUT2D eigenvalue weighted by Crippen LogP contribution is -1.97. The van der Waals surface area contributed by atoms with E-state index in [9.17, 15) is 4.79 Å². The monoisotopic (exact) mass is 374 g/mol. The third-order valence-electron chi connectivity index (χ3n) is 5.49. The summed E-state index contributed by atoms with van der Waals surface area (Å²) in [5.74, 6) is -0.830. The van der Waals surface area contributed by atoms with Gasteiger partial charge in [0.05, 0.1) is 5.56 Å². The molecule has 0 amide bonds. The highest BCUT2D eigenvalue weighted by Crippen LogP contribution is 2.15. The molecule has 0 aromatic heterocycles. The molecule has 2 heteroatoms. The maximum absolute atomic E-state index is 11.0. The van der Waals surface area contributed by atoms with Gasteiger partial charge in [0, 0.05) is 0 Å². The predicted octanol–water partition coefficient (Wildman–Crippen LogP) is 8.19. The van der Waals surface area contributed by atoms with Gasteiger partial charge in [-0.25, -0.2) is 4.79 Å². The maximum atomic E-state index is 11.0. The van der Waals surface area contributed by atoms with Gasteiger partial charge in [-0.15, -0.1) is 0 Å². The van der Waals surface area contributed by atoms with Crippen LogP contribution in [0.3, 0.4) is 0 Å². The molecule has 0 saturated heterocycles. The molecule has 1 aromatic rings. The number of benzene rings is 1. The Labute approximate surface area is 167 Å². The van der Waals surface area contributed by atoms with E-state index in [2.05, 4.69) is 6.92 Å². The Morgan fingerprint density at radius 2 is 1.15 bits per heavy atom. The molecule has 0 aliphatic rings. The molecule has 2 nitrogen and oxygen atoms in total. The van der Waals surface area contributed by atoms with Crippen LogP contribution in [-0.2, 0) is 6.42 Å². The zero-order chi connectivity index (χ0) is 19.6. The molecule has 0 aliphatic heterocycles. The van der Waals surface area contributed by atoms with Crippen molar-refractivity contribution in [1.29, 1.82) is 0 Å². The van der Waals surface area contributed by atoms with Gasteiger partial charge in [-0.3, -0.25) is 0 Å². The number of hydrogen-bond acceptors (Lipinski definition) is 1. The van der Waals surface area contributed by atoms with Crippen LogP contribution in [0, 0.1) is 0 Å². The molecule has 154 valence electrons. The van der Waals surface area contributed by atoms with Crippen LogP contribution in [0.4, 0.5) is 0 Å². The van der Waals surface area contributed by atoms with Crippen molar-refractivity contribution in [2.75, 3.05) is 0 Å². The Hall–Kier alpha value is -1.31. The molecule has 0 heterocycles. The summed E-state index contributed by atoms with van der Waals surface area (Å²) in [4.78, 5) is 11.0. The van der Waals surface area contributed by atoms with Crippen LogP contribution in [0.15, 0.2) is 24.3 Å². The van der Waals surface area contributed by atoms with Crippen LogP contribution in [0.2, 0.25) is 0 Å². The van der Waals surface area contributed by atoms with E-state index in [4.69, 9.17) is 5.11 Å². The maximum Gasteiger partial charge on any atom is 0.335 e. The average molecular weight is 375 g/mol. The summed E-state index contributed by atoms with van der Waals surface area (Å²) in [5.41, 5.74) is 1.56. The van der Waals surface area contributed by atoms with Crippen molar-refractivity contribution in [1.82, 2.24) is 0 Å². The van der Waals surface area contributed by atoms with E-state index >= 15 is 0 Å². The van der Waals surface area contributed by atoms with Crippen LogP contribution < -0.4 is 0 Å². The standard InChI is InChI=1S/C25H42O2/c1-2-3-4-5-6-7-8-9-10-11-12-13-14-15-16-17-19-23-20-18-21-24(22-23)25(26)27/h18,20-22H,2-17,19H2,1H3,(H,26,27). The Morgan fingerprint density at radius 3 is 1.59 bits per heavy atom. The fourth-order valence-corrected chi connectivity index (χ4v) is 3.74. The number of aromatic carboxylic acids is 1. The van der Waals surface area contributed by atoms with Gasteiger partial charge in [-0.2, -0.15) is 0 Å². The quantitative estimate of drug-likeness (QED) is 0.263. The van der Waals surface area contributed by atoms with Crippen molar-refractivity contribution in [3.05, 3.63) is 35.4 Å². The van der Waals surface area contributed by atoms with Crippen LogP contribution >= 0.6 is 0 Å². The second kappa shape index (κ2) is 16.8. The first kappa shape index (κ1) is 23.7. The smallest absolute Gasteiger partial charge is 0.335 e. The predicted molar refractivity (Wildman–Crippen MR) is 117 cm³/mol. The van der Waals surface area contributed by atoms with Gasteiger partial charge in [0.1, 0.15) is 0 Å². The van der Waals surface area contributed by atoms with Crippen LogP contribution in [-0.4, -0.2) is 11.1 Å². The van der Waals surface area contributed by atoms with E-state index in [1.807, 2.05) is 18.2 Å². The molecule has 1 N–H and O–H groups in total. The summed E-state index contributed by atoms with van der Waals surface area (Å²) >= 11 is 0. The first-order chi connectivity index (χ1) is 13.2. The fourth-order valence-electron chi connectivity index (χ4n) is 3.74. The molecule has 0 fully saturated rings. The van der Waals surface area contributed by atoms with Crippen LogP contribution in [0.5, 0.6) is 0 Å². The van der Waals surface area contributed by atoms with Crippen molar-refractivity contribution in [2.45, 2.75) is 116 Å². The van der Waals surface area contributed by atoms with Gasteiger partial charge < -0.3 is 5.11 Å². The summed E-state index contributed by atoms with van der Waals surface area (Å²) in [5, 5.41) is 9.02. The number of rotatable bonds is 18. The van der Waals surface area contributed by atoms with Gasteiger partial charge in [0.15, 0.2) is 0 Å². The van der Waals surface area contributed by atoms with E-state index in [0.29, 0.717) is 5.56 Å². The number of unbranched alkanes of at least 4 members (excludes halogenated alkanes) is 15. The minimum atomic E-state index is -0.830. The average Bonchev–Trinajstić information content (AvgIpc) is 2.68. The second-order valence-electron chi connectivity index (χ2n) is 8.06. The summed E-state index contributed by atoms with van der Waals surface area (Å²) in [7, 11) is 0. The van der Waals surface area contributed by atoms with Gasteiger partial charge in [-0.05, 0) is 30.5 Å². The topological polar surface area (TPSA) is 37.3 Å². The van der Waals surface area contributed by atoms with Gasteiger partial charge >= 0.3 is 5.97 Å². The Kier molecular flexibility index (Phi) is 14.8. The third-order valence-corrected chi connectivity index (χ3v) is 5.49. The lowest BCUT2D eigenvalue weighted by Gasteiger charge is -2.04. The molecule has 27 heavy (non-hydrogen) atoms. The normalized spacial score (nSPS) is 11.0. The third kappa shape index (κ3) is 13.5. The van der Waals surface area contributed by atoms with E-state index in [1.54, 1.807) is 6.07 Å². The molecular weight excluding hydrogens is 332 g/mol. The molecule has 0 radical (unpaired) electrons. The summed E-state index contributed by atoms with van der Waals surface area (Å²) in [6.45, 7) is 2.28. The Morgan fingerprint density at radius 1 is 0.704 bits per heavy atom. The molecule has 1 rings (SSSR count). The van der Waals surface area contributed by atoms with Gasteiger partial charge in [-0.1, -0.05) is 115 Å². The lowest BCUT2D eigenvalue weighted by atomic mass is 10.0. The fraction of sp³-hybridized carbons (Fsp3) is 0.720. The van der Waals surface area contributed by atoms with Crippen molar-refractivity contribution >= 4 is 5.97 Å². The highest BCUT2D eigenvalue weighted by molar-refractivity contribution is 5.87. The molecule has 1 aromatic carbocycles. The van der Waals surface area contributed by atoms with Gasteiger partial charge in [0.2, 0.25) is 0 Å². The first-order valence-corrected chi connectivity index (χ1v) is 11.6. The summed E-state index contributed by atoms with van der Waals surface area (Å²) in [6.07, 6.45) is 23.1. The molecule has 0 atom stereocenters. The molecule has 0 unspecified atom stereocenters. The zero-order valence-electron chi connectivity index (χ0n) is 17.7. The molecule has 0 aliphatic carbocycles. The Balaban J connectivity index is 1.83. The number of hydrogen-bond donors (Lipinski definition) is 1. The highest BCUT2D eigenvalue weighted by atomic mass is 16.4. The van der Waals surface area contributed by atoms with Crippen molar-refractivity contribution in [3.63, 3.8) is 0 Å². The highest BCUT2D eigenvalue weighted by Gasteiger charge is 2.03. The molecule has 0 bridgehead atoms. The number of carboxylic acids is 1. The minimum Gasteiger partial charge on any atom is -0.478 e. The van der Waals surface area contributed by atoms with E-state index in [0.717, 1.165) is 12.0 Å². The number of carboxylic acid groups (broad SMARTS) is 1. The second-order valence-corrected chi connectivity index (χ2v) is 8.06. The minimum absolute atomic E-state index is 0.406. The molecular formula is C25H42O2. The zero-order valence-corrected chi connectivity index (χ0v) is 17.7. The lowest BCUT2D eigenvalue weighted by molar-refractivity contribution is 0.0696. The molecule has 0 spiro atoms. The van der Waals surface area contributed by atoms with E-state index < -0.39 is 5.97 Å². The summed E-state index contributed by atoms with van der Waals surface area (Å²) in [6, 6.07) is 7.37. The largest absolute Gasteiger partial charge is 0.478 e. The number of aryl methyl sites for hydroxylation is 1. The Bertz CT molecular complexity index is 481. The SMILES string of the molecule is CCCCCCCCCCCCCCCCCCc1cccc(C(=O)O)c1. The van der Waals surface area contributed by atoms with Crippen molar-refractivity contribution in [2.24, 2.45) is 0 Å². The van der Waals surface area contributed by atoms with E-state index in [-0.39, 0.29) is 0 Å². The number of carbonyl (C=O) groups is 1. The van der Waals surface area contributed by atoms with Crippen molar-refractivity contribution in [3.8, 4) is 0 Å².